The minimum atomic E-state index is -0.432. The Morgan fingerprint density at radius 1 is 1.31 bits per heavy atom. The minimum absolute atomic E-state index is 0.128. The Bertz CT molecular complexity index is 790. The van der Waals surface area contributed by atoms with Crippen molar-refractivity contribution in [1.29, 1.82) is 0 Å². The molecule has 0 aromatic carbocycles. The molecule has 1 aliphatic heterocycles. The highest BCUT2D eigenvalue weighted by Crippen LogP contribution is 2.34. The Labute approximate surface area is 152 Å². The number of rotatable bonds is 5. The molecule has 1 saturated heterocycles. The van der Waals surface area contributed by atoms with Crippen molar-refractivity contribution in [3.05, 3.63) is 40.3 Å². The molecule has 1 N–H and O–H groups in total. The smallest absolute Gasteiger partial charge is 0.351 e. The van der Waals surface area contributed by atoms with E-state index in [9.17, 15) is 10.1 Å². The van der Waals surface area contributed by atoms with Gasteiger partial charge in [0.05, 0.1) is 4.92 Å². The van der Waals surface area contributed by atoms with Crippen molar-refractivity contribution in [3.8, 4) is 0 Å². The van der Waals surface area contributed by atoms with E-state index >= 15 is 0 Å². The summed E-state index contributed by atoms with van der Waals surface area (Å²) >= 11 is 0. The van der Waals surface area contributed by atoms with E-state index < -0.39 is 4.92 Å². The van der Waals surface area contributed by atoms with Gasteiger partial charge in [-0.3, -0.25) is 10.1 Å². The highest BCUT2D eigenvalue weighted by atomic mass is 16.6. The van der Waals surface area contributed by atoms with Gasteiger partial charge >= 0.3 is 5.69 Å². The summed E-state index contributed by atoms with van der Waals surface area (Å²) in [6, 6.07) is 3.88. The number of piperidine rings is 1. The molecule has 1 aliphatic rings. The largest absolute Gasteiger partial charge is 0.353 e. The van der Waals surface area contributed by atoms with Crippen LogP contribution in [0.2, 0.25) is 0 Å². The number of nitrogens with one attached hydrogen (secondary N) is 1. The molecule has 0 atom stereocenters. The molecule has 0 amide bonds. The summed E-state index contributed by atoms with van der Waals surface area (Å²) in [5.74, 6) is 0.993. The first kappa shape index (κ1) is 18.0. The Morgan fingerprint density at radius 3 is 2.69 bits per heavy atom. The summed E-state index contributed by atoms with van der Waals surface area (Å²) in [6.45, 7) is 3.86. The fourth-order valence-electron chi connectivity index (χ4n) is 3.17. The molecule has 9 heteroatoms. The van der Waals surface area contributed by atoms with E-state index in [4.69, 9.17) is 0 Å². The second-order valence-electron chi connectivity index (χ2n) is 6.64. The molecule has 0 spiro atoms. The van der Waals surface area contributed by atoms with Gasteiger partial charge < -0.3 is 15.1 Å². The highest BCUT2D eigenvalue weighted by Gasteiger charge is 2.30. The third-order valence-corrected chi connectivity index (χ3v) is 4.72. The number of nitro groups is 1. The van der Waals surface area contributed by atoms with E-state index in [0.29, 0.717) is 11.6 Å². The zero-order valence-corrected chi connectivity index (χ0v) is 15.2. The van der Waals surface area contributed by atoms with E-state index in [1.165, 1.54) is 6.33 Å². The van der Waals surface area contributed by atoms with Gasteiger partial charge in [0.15, 0.2) is 0 Å². The number of nitrogens with zero attached hydrogens (tertiary/aromatic N) is 6. The van der Waals surface area contributed by atoms with E-state index in [1.54, 1.807) is 6.20 Å². The molecule has 3 heterocycles. The van der Waals surface area contributed by atoms with Gasteiger partial charge in [0.2, 0.25) is 11.6 Å². The fourth-order valence-corrected chi connectivity index (χ4v) is 3.17. The predicted molar refractivity (Wildman–Crippen MR) is 99.9 cm³/mol. The van der Waals surface area contributed by atoms with Crippen LogP contribution in [0.4, 0.5) is 23.1 Å². The van der Waals surface area contributed by atoms with E-state index in [-0.39, 0.29) is 17.5 Å². The Hall–Kier alpha value is -2.81. The molecule has 0 bridgehead atoms. The van der Waals surface area contributed by atoms with Crippen LogP contribution in [-0.4, -0.2) is 58.0 Å². The highest BCUT2D eigenvalue weighted by molar-refractivity contribution is 5.73. The van der Waals surface area contributed by atoms with Crippen LogP contribution >= 0.6 is 0 Å². The maximum absolute atomic E-state index is 11.8. The molecule has 138 valence electrons. The van der Waals surface area contributed by atoms with Gasteiger partial charge in [0.1, 0.15) is 12.1 Å². The molecule has 26 heavy (non-hydrogen) atoms. The zero-order chi connectivity index (χ0) is 18.7. The lowest BCUT2D eigenvalue weighted by atomic mass is 10.0. The Balaban J connectivity index is 1.92. The third kappa shape index (κ3) is 3.88. The van der Waals surface area contributed by atoms with Gasteiger partial charge in [0.25, 0.3) is 0 Å². The van der Waals surface area contributed by atoms with E-state index in [0.717, 1.165) is 31.5 Å². The summed E-state index contributed by atoms with van der Waals surface area (Å²) in [6.07, 6.45) is 4.88. The third-order valence-electron chi connectivity index (χ3n) is 4.72. The first-order valence-electron chi connectivity index (χ1n) is 8.56. The summed E-state index contributed by atoms with van der Waals surface area (Å²) in [5, 5.41) is 14.7. The molecule has 3 rings (SSSR count). The van der Waals surface area contributed by atoms with Gasteiger partial charge in [-0.15, -0.1) is 0 Å². The van der Waals surface area contributed by atoms with Crippen LogP contribution in [-0.2, 0) is 0 Å². The molecule has 2 aromatic heterocycles. The fraction of sp³-hybridized carbons (Fsp3) is 0.471. The molecular formula is C17H23N7O2. The normalized spacial score (nSPS) is 15.7. The van der Waals surface area contributed by atoms with Gasteiger partial charge in [-0.25, -0.2) is 15.0 Å². The molecule has 0 aliphatic carbocycles. The average molecular weight is 357 g/mol. The van der Waals surface area contributed by atoms with Crippen molar-refractivity contribution < 1.29 is 4.92 Å². The maximum atomic E-state index is 11.8. The average Bonchev–Trinajstić information content (AvgIpc) is 2.61. The van der Waals surface area contributed by atoms with Crippen molar-refractivity contribution in [2.75, 3.05) is 37.4 Å². The molecule has 1 fully saturated rings. The summed E-state index contributed by atoms with van der Waals surface area (Å²) < 4.78 is 0. The quantitative estimate of drug-likeness (QED) is 0.643. The molecule has 0 unspecified atom stereocenters. The zero-order valence-electron chi connectivity index (χ0n) is 15.2. The second-order valence-corrected chi connectivity index (χ2v) is 6.64. The lowest BCUT2D eigenvalue weighted by Gasteiger charge is -2.35. The van der Waals surface area contributed by atoms with Gasteiger partial charge in [0, 0.05) is 19.3 Å². The SMILES string of the molecule is Cc1ccnc(Nc2ncnc(N(C)C3CCN(C)CC3)c2[N+](=O)[O-])c1. The Morgan fingerprint density at radius 2 is 2.04 bits per heavy atom. The van der Waals surface area contributed by atoms with Crippen LogP contribution in [0.15, 0.2) is 24.7 Å². The van der Waals surface area contributed by atoms with Gasteiger partial charge in [-0.2, -0.15) is 0 Å². The van der Waals surface area contributed by atoms with E-state index in [2.05, 4.69) is 32.2 Å². The first-order chi connectivity index (χ1) is 12.5. The summed E-state index contributed by atoms with van der Waals surface area (Å²) in [4.78, 5) is 28.0. The van der Waals surface area contributed by atoms with Crippen molar-refractivity contribution >= 4 is 23.1 Å². The van der Waals surface area contributed by atoms with Crippen LogP contribution in [0.1, 0.15) is 18.4 Å². The molecule has 2 aromatic rings. The number of hydrogen-bond acceptors (Lipinski definition) is 8. The molecule has 0 radical (unpaired) electrons. The number of likely N-dealkylation sites (tertiary alicyclic amines) is 1. The molecular weight excluding hydrogens is 334 g/mol. The number of pyridine rings is 1. The van der Waals surface area contributed by atoms with Crippen LogP contribution in [0.3, 0.4) is 0 Å². The van der Waals surface area contributed by atoms with Crippen LogP contribution in [0.5, 0.6) is 0 Å². The first-order valence-corrected chi connectivity index (χ1v) is 8.56. The summed E-state index contributed by atoms with van der Waals surface area (Å²) in [7, 11) is 3.94. The maximum Gasteiger partial charge on any atom is 0.353 e. The molecule has 9 nitrogen and oxygen atoms in total. The number of aromatic nitrogens is 3. The van der Waals surface area contributed by atoms with E-state index in [1.807, 2.05) is 31.0 Å². The number of aryl methyl sites for hydroxylation is 1. The van der Waals surface area contributed by atoms with Crippen LogP contribution < -0.4 is 10.2 Å². The topological polar surface area (TPSA) is 100 Å². The van der Waals surface area contributed by atoms with Crippen LogP contribution in [0, 0.1) is 17.0 Å². The van der Waals surface area contributed by atoms with Crippen molar-refractivity contribution in [2.45, 2.75) is 25.8 Å². The molecule has 0 saturated carbocycles. The Kier molecular flexibility index (Phi) is 5.27. The van der Waals surface area contributed by atoms with Crippen LogP contribution in [0.25, 0.3) is 0 Å². The lowest BCUT2D eigenvalue weighted by Crippen LogP contribution is -2.42. The van der Waals surface area contributed by atoms with Gasteiger partial charge in [-0.05, 0) is 57.6 Å². The standard InChI is InChI=1S/C17H23N7O2/c1-12-4-7-18-14(10-12)21-16-15(24(25)26)17(20-11-19-16)23(3)13-5-8-22(2)9-6-13/h4,7,10-11,13H,5-6,8-9H2,1-3H3,(H,18,19,20,21). The predicted octanol–water partition coefficient (Wildman–Crippen LogP) is 2.36. The second kappa shape index (κ2) is 7.61. The van der Waals surface area contributed by atoms with Crippen molar-refractivity contribution in [3.63, 3.8) is 0 Å². The van der Waals surface area contributed by atoms with Crippen molar-refractivity contribution in [1.82, 2.24) is 19.9 Å². The van der Waals surface area contributed by atoms with Crippen molar-refractivity contribution in [2.24, 2.45) is 0 Å². The lowest BCUT2D eigenvalue weighted by molar-refractivity contribution is -0.383. The number of anilines is 3. The van der Waals surface area contributed by atoms with Gasteiger partial charge in [-0.1, -0.05) is 0 Å². The summed E-state index contributed by atoms with van der Waals surface area (Å²) in [5.41, 5.74) is 0.875. The minimum Gasteiger partial charge on any atom is -0.351 e. The monoisotopic (exact) mass is 357 g/mol. The number of hydrogen-bond donors (Lipinski definition) is 1.